The topological polar surface area (TPSA) is 112 Å². The number of hydrogen-bond donors (Lipinski definition) is 3. The van der Waals surface area contributed by atoms with Crippen molar-refractivity contribution in [1.82, 2.24) is 15.7 Å². The fourth-order valence-electron chi connectivity index (χ4n) is 3.84. The van der Waals surface area contributed by atoms with Gasteiger partial charge in [-0.1, -0.05) is 56.0 Å². The monoisotopic (exact) mass is 413 g/mol. The number of benzene rings is 1. The van der Waals surface area contributed by atoms with Crippen molar-refractivity contribution in [3.8, 4) is 11.3 Å². The molecule has 0 radical (unpaired) electrons. The SMILES string of the molecule is O=CN(O)CC(CC1CCCC1)C(=O)NCNC(=O)c1ccc(-c2ccccc2)o1. The van der Waals surface area contributed by atoms with E-state index in [2.05, 4.69) is 10.6 Å². The van der Waals surface area contributed by atoms with Gasteiger partial charge in [0.25, 0.3) is 5.91 Å². The van der Waals surface area contributed by atoms with Gasteiger partial charge in [0, 0.05) is 5.56 Å². The van der Waals surface area contributed by atoms with Crippen LogP contribution in [0.4, 0.5) is 0 Å². The number of nitrogens with zero attached hydrogens (tertiary/aromatic N) is 1. The third kappa shape index (κ3) is 5.93. The largest absolute Gasteiger partial charge is 0.451 e. The van der Waals surface area contributed by atoms with Crippen molar-refractivity contribution in [3.05, 3.63) is 48.2 Å². The smallest absolute Gasteiger partial charge is 0.288 e. The molecule has 0 aliphatic heterocycles. The normalized spacial score (nSPS) is 14.8. The van der Waals surface area contributed by atoms with Gasteiger partial charge in [0.2, 0.25) is 12.3 Å². The summed E-state index contributed by atoms with van der Waals surface area (Å²) in [6, 6.07) is 12.7. The summed E-state index contributed by atoms with van der Waals surface area (Å²) in [6.07, 6.45) is 5.27. The number of hydroxylamine groups is 2. The van der Waals surface area contributed by atoms with E-state index in [0.717, 1.165) is 31.2 Å². The van der Waals surface area contributed by atoms with Crippen LogP contribution in [0.1, 0.15) is 42.7 Å². The first-order chi connectivity index (χ1) is 14.6. The highest BCUT2D eigenvalue weighted by molar-refractivity contribution is 5.92. The highest BCUT2D eigenvalue weighted by Gasteiger charge is 2.26. The van der Waals surface area contributed by atoms with Gasteiger partial charge in [-0.25, -0.2) is 5.06 Å². The third-order valence-corrected chi connectivity index (χ3v) is 5.39. The van der Waals surface area contributed by atoms with E-state index in [-0.39, 0.29) is 31.3 Å². The first-order valence-corrected chi connectivity index (χ1v) is 10.2. The van der Waals surface area contributed by atoms with Gasteiger partial charge in [-0.3, -0.25) is 19.6 Å². The minimum absolute atomic E-state index is 0.0710. The molecule has 1 aliphatic carbocycles. The molecule has 3 rings (SSSR count). The van der Waals surface area contributed by atoms with Crippen LogP contribution in [0.15, 0.2) is 46.9 Å². The Hall–Kier alpha value is -3.13. The molecule has 8 nitrogen and oxygen atoms in total. The zero-order valence-electron chi connectivity index (χ0n) is 16.8. The Labute approximate surface area is 175 Å². The number of amides is 3. The van der Waals surface area contributed by atoms with Gasteiger partial charge in [0.1, 0.15) is 5.76 Å². The van der Waals surface area contributed by atoms with Crippen molar-refractivity contribution < 1.29 is 24.0 Å². The Morgan fingerprint density at radius 1 is 1.13 bits per heavy atom. The predicted octanol–water partition coefficient (Wildman–Crippen LogP) is 2.79. The minimum atomic E-state index is -0.534. The summed E-state index contributed by atoms with van der Waals surface area (Å²) in [7, 11) is 0. The van der Waals surface area contributed by atoms with Crippen LogP contribution in [0.5, 0.6) is 0 Å². The number of carbonyl (C=O) groups is 3. The Morgan fingerprint density at radius 3 is 2.57 bits per heavy atom. The lowest BCUT2D eigenvalue weighted by Gasteiger charge is -2.22. The number of nitrogens with one attached hydrogen (secondary N) is 2. The summed E-state index contributed by atoms with van der Waals surface area (Å²) in [6.45, 7) is -0.148. The summed E-state index contributed by atoms with van der Waals surface area (Å²) in [5.41, 5.74) is 0.864. The van der Waals surface area contributed by atoms with Crippen molar-refractivity contribution in [2.75, 3.05) is 13.2 Å². The van der Waals surface area contributed by atoms with Crippen LogP contribution < -0.4 is 10.6 Å². The molecule has 1 aromatic carbocycles. The number of rotatable bonds is 10. The average molecular weight is 413 g/mol. The molecule has 1 heterocycles. The Kier molecular flexibility index (Phi) is 7.62. The van der Waals surface area contributed by atoms with Crippen molar-refractivity contribution >= 4 is 18.2 Å². The Balaban J connectivity index is 1.50. The minimum Gasteiger partial charge on any atom is -0.451 e. The second-order valence-corrected chi connectivity index (χ2v) is 7.56. The zero-order valence-corrected chi connectivity index (χ0v) is 16.8. The van der Waals surface area contributed by atoms with Crippen LogP contribution in [0.2, 0.25) is 0 Å². The van der Waals surface area contributed by atoms with Gasteiger partial charge in [0.15, 0.2) is 5.76 Å². The van der Waals surface area contributed by atoms with Gasteiger partial charge in [-0.15, -0.1) is 0 Å². The molecular weight excluding hydrogens is 386 g/mol. The molecule has 8 heteroatoms. The van der Waals surface area contributed by atoms with Gasteiger partial charge in [-0.05, 0) is 24.5 Å². The molecule has 3 amide bonds. The highest BCUT2D eigenvalue weighted by atomic mass is 16.5. The van der Waals surface area contributed by atoms with Crippen LogP contribution in [-0.4, -0.2) is 41.7 Å². The molecule has 160 valence electrons. The van der Waals surface area contributed by atoms with E-state index in [0.29, 0.717) is 23.2 Å². The van der Waals surface area contributed by atoms with Crippen molar-refractivity contribution in [2.45, 2.75) is 32.1 Å². The van der Waals surface area contributed by atoms with Gasteiger partial charge in [0.05, 0.1) is 19.1 Å². The highest BCUT2D eigenvalue weighted by Crippen LogP contribution is 2.30. The molecule has 2 aromatic rings. The molecule has 1 unspecified atom stereocenters. The van der Waals surface area contributed by atoms with Crippen molar-refractivity contribution in [1.29, 1.82) is 0 Å². The third-order valence-electron chi connectivity index (χ3n) is 5.39. The second-order valence-electron chi connectivity index (χ2n) is 7.56. The Morgan fingerprint density at radius 2 is 1.87 bits per heavy atom. The summed E-state index contributed by atoms with van der Waals surface area (Å²) < 4.78 is 5.59. The van der Waals surface area contributed by atoms with Gasteiger partial charge >= 0.3 is 0 Å². The van der Waals surface area contributed by atoms with E-state index in [9.17, 15) is 19.6 Å². The molecular formula is C22H27N3O5. The molecule has 1 aromatic heterocycles. The number of furan rings is 1. The number of hydrogen-bond acceptors (Lipinski definition) is 5. The molecule has 1 saturated carbocycles. The van der Waals surface area contributed by atoms with Crippen LogP contribution in [0.25, 0.3) is 11.3 Å². The molecule has 1 fully saturated rings. The van der Waals surface area contributed by atoms with E-state index >= 15 is 0 Å². The fraction of sp³-hybridized carbons (Fsp3) is 0.409. The van der Waals surface area contributed by atoms with Crippen LogP contribution in [0.3, 0.4) is 0 Å². The quantitative estimate of drug-likeness (QED) is 0.240. The molecule has 0 saturated heterocycles. The lowest BCUT2D eigenvalue weighted by Crippen LogP contribution is -2.43. The van der Waals surface area contributed by atoms with Gasteiger partial charge < -0.3 is 15.1 Å². The van der Waals surface area contributed by atoms with Gasteiger partial charge in [-0.2, -0.15) is 0 Å². The lowest BCUT2D eigenvalue weighted by molar-refractivity contribution is -0.155. The first-order valence-electron chi connectivity index (χ1n) is 10.2. The first kappa shape index (κ1) is 21.6. The maximum absolute atomic E-state index is 12.5. The standard InChI is InChI=1S/C22H27N3O5/c26-15-25(29)13-18(12-16-6-4-5-7-16)21(27)23-14-24-22(28)20-11-10-19(30-20)17-8-2-1-3-9-17/h1-3,8-11,15-16,18,29H,4-7,12-14H2,(H,23,27)(H,24,28). The zero-order chi connectivity index (χ0) is 21.3. The van der Waals surface area contributed by atoms with Crippen molar-refractivity contribution in [2.24, 2.45) is 11.8 Å². The summed E-state index contributed by atoms with van der Waals surface area (Å²) >= 11 is 0. The molecule has 0 spiro atoms. The fourth-order valence-corrected chi connectivity index (χ4v) is 3.84. The van der Waals surface area contributed by atoms with Crippen LogP contribution in [0, 0.1) is 11.8 Å². The van der Waals surface area contributed by atoms with E-state index in [4.69, 9.17) is 4.42 Å². The van der Waals surface area contributed by atoms with Crippen LogP contribution in [-0.2, 0) is 9.59 Å². The maximum atomic E-state index is 12.5. The molecule has 30 heavy (non-hydrogen) atoms. The summed E-state index contributed by atoms with van der Waals surface area (Å²) in [5.74, 6) is -0.149. The predicted molar refractivity (Wildman–Crippen MR) is 109 cm³/mol. The Bertz CT molecular complexity index is 845. The van der Waals surface area contributed by atoms with Crippen LogP contribution >= 0.6 is 0 Å². The van der Waals surface area contributed by atoms with Crippen molar-refractivity contribution in [3.63, 3.8) is 0 Å². The summed E-state index contributed by atoms with van der Waals surface area (Å²) in [4.78, 5) is 35.6. The molecule has 1 aliphatic rings. The van der Waals surface area contributed by atoms with E-state index in [1.54, 1.807) is 12.1 Å². The second kappa shape index (κ2) is 10.6. The van der Waals surface area contributed by atoms with E-state index in [1.807, 2.05) is 30.3 Å². The van der Waals surface area contributed by atoms with E-state index in [1.165, 1.54) is 0 Å². The molecule has 1 atom stereocenters. The lowest BCUT2D eigenvalue weighted by atomic mass is 9.92. The molecule has 0 bridgehead atoms. The average Bonchev–Trinajstić information content (AvgIpc) is 3.46. The van der Waals surface area contributed by atoms with E-state index < -0.39 is 11.8 Å². The maximum Gasteiger partial charge on any atom is 0.288 e. The molecule has 3 N–H and O–H groups in total. The number of carbonyl (C=O) groups excluding carboxylic acids is 3. The summed E-state index contributed by atoms with van der Waals surface area (Å²) in [5, 5.41) is 15.3.